The molecule has 0 spiro atoms. The van der Waals surface area contributed by atoms with Crippen molar-refractivity contribution >= 4 is 34.7 Å². The highest BCUT2D eigenvalue weighted by Gasteiger charge is 2.43. The van der Waals surface area contributed by atoms with Gasteiger partial charge >= 0.3 is 0 Å². The summed E-state index contributed by atoms with van der Waals surface area (Å²) in [5, 5.41) is 20.8. The lowest BCUT2D eigenvalue weighted by molar-refractivity contribution is -0.117. The minimum absolute atomic E-state index is 0.0543. The molecule has 2 aliphatic rings. The van der Waals surface area contributed by atoms with Crippen LogP contribution in [0.2, 0.25) is 0 Å². The number of aryl methyl sites for hydroxylation is 1. The Hall–Kier alpha value is -4.09. The Kier molecular flexibility index (Phi) is 4.91. The summed E-state index contributed by atoms with van der Waals surface area (Å²) in [7, 11) is 3.43. The molecule has 0 unspecified atom stereocenters. The van der Waals surface area contributed by atoms with E-state index in [2.05, 4.69) is 36.2 Å². The van der Waals surface area contributed by atoms with Crippen LogP contribution in [0.3, 0.4) is 0 Å². The third-order valence-corrected chi connectivity index (χ3v) is 5.59. The van der Waals surface area contributed by atoms with Gasteiger partial charge in [-0.15, -0.1) is 10.2 Å². The molecule has 5 rings (SSSR count). The van der Waals surface area contributed by atoms with Crippen LogP contribution in [0.4, 0.5) is 27.3 Å². The molecule has 0 radical (unpaired) electrons. The van der Waals surface area contributed by atoms with Crippen molar-refractivity contribution < 1.29 is 14.0 Å². The van der Waals surface area contributed by atoms with E-state index in [1.54, 1.807) is 4.68 Å². The van der Waals surface area contributed by atoms with Gasteiger partial charge in [-0.3, -0.25) is 9.59 Å². The second-order valence-corrected chi connectivity index (χ2v) is 8.06. The average molecular weight is 451 g/mol. The van der Waals surface area contributed by atoms with E-state index in [0.29, 0.717) is 23.7 Å². The molecule has 1 fully saturated rings. The van der Waals surface area contributed by atoms with E-state index < -0.39 is 23.9 Å². The van der Waals surface area contributed by atoms with Crippen LogP contribution in [0.25, 0.3) is 5.69 Å². The molecule has 11 nitrogen and oxygen atoms in total. The highest BCUT2D eigenvalue weighted by Crippen LogP contribution is 2.39. The zero-order valence-corrected chi connectivity index (χ0v) is 18.3. The molecule has 1 aromatic carbocycles. The Morgan fingerprint density at radius 2 is 2.00 bits per heavy atom. The molecule has 2 aromatic heterocycles. The highest BCUT2D eigenvalue weighted by atomic mass is 19.1. The maximum absolute atomic E-state index is 13.2. The molecule has 3 N–H and O–H groups in total. The van der Waals surface area contributed by atoms with Crippen molar-refractivity contribution in [2.45, 2.75) is 26.1 Å². The average Bonchev–Trinajstić information content (AvgIpc) is 3.41. The van der Waals surface area contributed by atoms with Gasteiger partial charge in [-0.05, 0) is 25.5 Å². The van der Waals surface area contributed by atoms with Gasteiger partial charge in [0.1, 0.15) is 12.0 Å². The third kappa shape index (κ3) is 3.73. The van der Waals surface area contributed by atoms with Crippen LogP contribution in [0.15, 0.2) is 24.3 Å². The number of amides is 2. The van der Waals surface area contributed by atoms with Gasteiger partial charge in [0.15, 0.2) is 17.3 Å². The van der Waals surface area contributed by atoms with Crippen LogP contribution in [-0.4, -0.2) is 57.0 Å². The van der Waals surface area contributed by atoms with E-state index >= 15 is 0 Å². The zero-order chi connectivity index (χ0) is 23.3. The summed E-state index contributed by atoms with van der Waals surface area (Å²) >= 11 is 0. The summed E-state index contributed by atoms with van der Waals surface area (Å²) in [6.45, 7) is 2.39. The molecule has 1 saturated carbocycles. The predicted octanol–water partition coefficient (Wildman–Crippen LogP) is 1.72. The number of nitrogens with one attached hydrogen (secondary N) is 3. The topological polar surface area (TPSA) is 130 Å². The van der Waals surface area contributed by atoms with Crippen molar-refractivity contribution in [3.05, 3.63) is 41.6 Å². The fraction of sp³-hybridized carbons (Fsp3) is 0.333. The second-order valence-electron chi connectivity index (χ2n) is 8.06. The summed E-state index contributed by atoms with van der Waals surface area (Å²) in [5.41, 5.74) is 2.80. The Labute approximate surface area is 188 Å². The molecular weight excluding hydrogens is 429 g/mol. The first-order valence-corrected chi connectivity index (χ1v) is 10.4. The number of rotatable bonds is 5. The maximum Gasteiger partial charge on any atom is 0.273 e. The number of hydrogen-bond acceptors (Lipinski definition) is 8. The first kappa shape index (κ1) is 20.8. The standard InChI is InChI=1S/C21H22FN9O2/c1-10-24-17-9-30(3)19-13(5-4-6-15(19)31(17)29-10)25-14-8-16(26-20(32)11-7-12(11)22)27-28-18(14)21(33)23-2/h4-6,8,11-12H,7,9H2,1-3H3,(H,23,33)(H2,25,26,27,32)/t11-,12+/m0/s1. The predicted molar refractivity (Wildman–Crippen MR) is 119 cm³/mol. The first-order chi connectivity index (χ1) is 15.9. The molecule has 1 aliphatic heterocycles. The lowest BCUT2D eigenvalue weighted by Crippen LogP contribution is -2.27. The second kappa shape index (κ2) is 7.80. The fourth-order valence-electron chi connectivity index (χ4n) is 3.88. The maximum atomic E-state index is 13.2. The van der Waals surface area contributed by atoms with Crippen LogP contribution in [0.1, 0.15) is 28.6 Å². The van der Waals surface area contributed by atoms with E-state index in [-0.39, 0.29) is 17.9 Å². The first-order valence-electron chi connectivity index (χ1n) is 10.4. The van der Waals surface area contributed by atoms with Gasteiger partial charge in [-0.2, -0.15) is 5.10 Å². The number of nitrogens with zero attached hydrogens (tertiary/aromatic N) is 6. The quantitative estimate of drug-likeness (QED) is 0.535. The van der Waals surface area contributed by atoms with Gasteiger partial charge in [-0.25, -0.2) is 14.1 Å². The minimum Gasteiger partial charge on any atom is -0.364 e. The molecule has 12 heteroatoms. The fourth-order valence-corrected chi connectivity index (χ4v) is 3.88. The van der Waals surface area contributed by atoms with Gasteiger partial charge in [0.2, 0.25) is 5.91 Å². The summed E-state index contributed by atoms with van der Waals surface area (Å²) in [6.07, 6.45) is -0.926. The highest BCUT2D eigenvalue weighted by molar-refractivity contribution is 6.00. The Bertz CT molecular complexity index is 1270. The van der Waals surface area contributed by atoms with Crippen molar-refractivity contribution in [2.75, 3.05) is 29.6 Å². The van der Waals surface area contributed by atoms with E-state index in [0.717, 1.165) is 17.2 Å². The monoisotopic (exact) mass is 451 g/mol. The Balaban J connectivity index is 1.53. The molecule has 170 valence electrons. The van der Waals surface area contributed by atoms with Crippen LogP contribution in [-0.2, 0) is 11.3 Å². The van der Waals surface area contributed by atoms with Crippen molar-refractivity contribution in [3.8, 4) is 5.69 Å². The van der Waals surface area contributed by atoms with Crippen molar-refractivity contribution in [1.29, 1.82) is 0 Å². The zero-order valence-electron chi connectivity index (χ0n) is 18.3. The molecule has 33 heavy (non-hydrogen) atoms. The largest absolute Gasteiger partial charge is 0.364 e. The number of alkyl halides is 1. The number of para-hydroxylation sites is 1. The van der Waals surface area contributed by atoms with Crippen molar-refractivity contribution in [1.82, 2.24) is 30.3 Å². The number of hydrogen-bond donors (Lipinski definition) is 3. The molecule has 0 saturated heterocycles. The number of aromatic nitrogens is 5. The number of fused-ring (bicyclic) bond motifs is 3. The summed E-state index contributed by atoms with van der Waals surface area (Å²) in [6, 6.07) is 7.19. The van der Waals surface area contributed by atoms with Crippen molar-refractivity contribution in [3.63, 3.8) is 0 Å². The van der Waals surface area contributed by atoms with Crippen LogP contribution >= 0.6 is 0 Å². The Morgan fingerprint density at radius 3 is 2.73 bits per heavy atom. The Morgan fingerprint density at radius 1 is 1.21 bits per heavy atom. The number of halogens is 1. The number of carbonyl (C=O) groups excluding carboxylic acids is 2. The number of anilines is 4. The lowest BCUT2D eigenvalue weighted by atomic mass is 10.1. The summed E-state index contributed by atoms with van der Waals surface area (Å²) in [4.78, 5) is 31.1. The van der Waals surface area contributed by atoms with Gasteiger partial charge in [0, 0.05) is 20.2 Å². The van der Waals surface area contributed by atoms with Crippen molar-refractivity contribution in [2.24, 2.45) is 5.92 Å². The number of benzene rings is 1. The molecule has 2 atom stereocenters. The van der Waals surface area contributed by atoms with E-state index in [9.17, 15) is 14.0 Å². The number of carbonyl (C=O) groups is 2. The SMILES string of the molecule is CNC(=O)c1nnc(NC(=O)[C@H]2C[C@H]2F)cc1Nc1cccc2c1N(C)Cc1nc(C)nn1-2. The van der Waals surface area contributed by atoms with Crippen LogP contribution in [0, 0.1) is 12.8 Å². The van der Waals surface area contributed by atoms with Gasteiger partial charge in [0.25, 0.3) is 5.91 Å². The van der Waals surface area contributed by atoms with Gasteiger partial charge in [0.05, 0.1) is 35.2 Å². The van der Waals surface area contributed by atoms with E-state index in [4.69, 9.17) is 0 Å². The molecule has 3 heterocycles. The van der Waals surface area contributed by atoms with Gasteiger partial charge in [-0.1, -0.05) is 6.07 Å². The van der Waals surface area contributed by atoms with E-state index in [1.165, 1.54) is 13.1 Å². The minimum atomic E-state index is -1.13. The third-order valence-electron chi connectivity index (χ3n) is 5.59. The lowest BCUT2D eigenvalue weighted by Gasteiger charge is -2.29. The molecule has 2 amide bonds. The molecule has 1 aliphatic carbocycles. The normalized spacial score (nSPS) is 18.2. The molecule has 0 bridgehead atoms. The summed E-state index contributed by atoms with van der Waals surface area (Å²) in [5.74, 6) is 0.0602. The molecular formula is C21H22FN9O2. The van der Waals surface area contributed by atoms with Crippen LogP contribution < -0.4 is 20.9 Å². The smallest absolute Gasteiger partial charge is 0.273 e. The van der Waals surface area contributed by atoms with E-state index in [1.807, 2.05) is 37.1 Å². The molecule has 3 aromatic rings. The summed E-state index contributed by atoms with van der Waals surface area (Å²) < 4.78 is 15.0. The van der Waals surface area contributed by atoms with Gasteiger partial charge < -0.3 is 20.9 Å². The van der Waals surface area contributed by atoms with Crippen LogP contribution in [0.5, 0.6) is 0 Å².